The van der Waals surface area contributed by atoms with Crippen LogP contribution in [0.25, 0.3) is 10.2 Å². The number of carbonyl (C=O) groups is 1. The lowest BCUT2D eigenvalue weighted by molar-refractivity contribution is -0.131. The summed E-state index contributed by atoms with van der Waals surface area (Å²) in [6, 6.07) is 7.94. The number of carbonyl (C=O) groups excluding carboxylic acids is 1. The van der Waals surface area contributed by atoms with E-state index in [0.717, 1.165) is 15.2 Å². The second-order valence-electron chi connectivity index (χ2n) is 7.37. The molecule has 8 nitrogen and oxygen atoms in total. The van der Waals surface area contributed by atoms with Crippen LogP contribution < -0.4 is 0 Å². The van der Waals surface area contributed by atoms with Crippen molar-refractivity contribution in [1.82, 2.24) is 19.3 Å². The van der Waals surface area contributed by atoms with E-state index in [2.05, 4.69) is 10.1 Å². The van der Waals surface area contributed by atoms with Gasteiger partial charge in [-0.25, -0.2) is 13.4 Å². The van der Waals surface area contributed by atoms with Crippen molar-refractivity contribution in [2.75, 3.05) is 26.2 Å². The van der Waals surface area contributed by atoms with Crippen LogP contribution >= 0.6 is 11.3 Å². The van der Waals surface area contributed by atoms with Gasteiger partial charge in [0.2, 0.25) is 15.9 Å². The van der Waals surface area contributed by atoms with Gasteiger partial charge < -0.3 is 9.42 Å². The summed E-state index contributed by atoms with van der Waals surface area (Å²) >= 11 is 1.61. The molecule has 160 valence electrons. The van der Waals surface area contributed by atoms with Crippen molar-refractivity contribution in [3.05, 3.63) is 40.7 Å². The van der Waals surface area contributed by atoms with Crippen molar-refractivity contribution in [3.8, 4) is 0 Å². The molecule has 1 fully saturated rings. The number of hydrogen-bond acceptors (Lipinski definition) is 7. The molecule has 10 heteroatoms. The van der Waals surface area contributed by atoms with Gasteiger partial charge in [0.25, 0.3) is 0 Å². The molecule has 0 atom stereocenters. The molecule has 2 aromatic heterocycles. The molecule has 30 heavy (non-hydrogen) atoms. The van der Waals surface area contributed by atoms with E-state index < -0.39 is 10.0 Å². The van der Waals surface area contributed by atoms with E-state index in [0.29, 0.717) is 50.4 Å². The summed E-state index contributed by atoms with van der Waals surface area (Å²) in [6.07, 6.45) is 1.56. The van der Waals surface area contributed by atoms with E-state index in [-0.39, 0.29) is 17.3 Å². The van der Waals surface area contributed by atoms with E-state index in [1.165, 1.54) is 4.31 Å². The zero-order valence-electron chi connectivity index (χ0n) is 17.0. The molecule has 1 aliphatic rings. The first kappa shape index (κ1) is 21.0. The smallest absolute Gasteiger partial charge is 0.248 e. The number of hydrogen-bond donors (Lipinski definition) is 0. The van der Waals surface area contributed by atoms with Crippen molar-refractivity contribution in [2.45, 2.75) is 38.0 Å². The average molecular weight is 449 g/mol. The van der Waals surface area contributed by atoms with Crippen LogP contribution in [-0.2, 0) is 21.2 Å². The quantitative estimate of drug-likeness (QED) is 0.595. The van der Waals surface area contributed by atoms with Crippen molar-refractivity contribution < 1.29 is 17.7 Å². The Kier molecular flexibility index (Phi) is 5.90. The second kappa shape index (κ2) is 8.44. The number of fused-ring (bicyclic) bond motifs is 1. The molecule has 0 aliphatic carbocycles. The van der Waals surface area contributed by atoms with Gasteiger partial charge in [0, 0.05) is 39.0 Å². The first-order chi connectivity index (χ1) is 14.4. The summed E-state index contributed by atoms with van der Waals surface area (Å²) in [4.78, 5) is 19.2. The summed E-state index contributed by atoms with van der Waals surface area (Å²) in [5, 5.41) is 4.71. The largest absolute Gasteiger partial charge is 0.360 e. The summed E-state index contributed by atoms with van der Waals surface area (Å²) in [5.74, 6) is 0.325. The first-order valence-corrected chi connectivity index (χ1v) is 12.2. The molecule has 0 saturated carbocycles. The molecular weight excluding hydrogens is 424 g/mol. The van der Waals surface area contributed by atoms with Gasteiger partial charge in [0.05, 0.1) is 15.2 Å². The van der Waals surface area contributed by atoms with Crippen LogP contribution in [0.5, 0.6) is 0 Å². The number of sulfonamides is 1. The van der Waals surface area contributed by atoms with E-state index in [1.807, 2.05) is 24.3 Å². The van der Waals surface area contributed by atoms with Gasteiger partial charge in [0.15, 0.2) is 5.76 Å². The van der Waals surface area contributed by atoms with Gasteiger partial charge in [-0.1, -0.05) is 17.3 Å². The number of aromatic nitrogens is 2. The lowest BCUT2D eigenvalue weighted by atomic mass is 10.2. The predicted molar refractivity (Wildman–Crippen MR) is 114 cm³/mol. The van der Waals surface area contributed by atoms with Gasteiger partial charge in [-0.2, -0.15) is 4.31 Å². The monoisotopic (exact) mass is 448 g/mol. The van der Waals surface area contributed by atoms with Crippen LogP contribution in [0.1, 0.15) is 29.3 Å². The fraction of sp³-hybridized carbons (Fsp3) is 0.450. The van der Waals surface area contributed by atoms with E-state index in [9.17, 15) is 13.2 Å². The molecular formula is C20H24N4O4S2. The fourth-order valence-corrected chi connectivity index (χ4v) is 6.48. The Morgan fingerprint density at radius 2 is 1.97 bits per heavy atom. The van der Waals surface area contributed by atoms with Crippen molar-refractivity contribution >= 4 is 37.5 Å². The zero-order valence-corrected chi connectivity index (χ0v) is 18.6. The molecule has 1 amide bonds. The number of amides is 1. The third kappa shape index (κ3) is 4.12. The minimum atomic E-state index is -3.69. The summed E-state index contributed by atoms with van der Waals surface area (Å²) in [5.41, 5.74) is 1.32. The lowest BCUT2D eigenvalue weighted by Gasteiger charge is -2.21. The van der Waals surface area contributed by atoms with Crippen LogP contribution in [0.15, 0.2) is 33.7 Å². The number of rotatable bonds is 5. The lowest BCUT2D eigenvalue weighted by Crippen LogP contribution is -2.37. The Hall–Kier alpha value is -2.30. The van der Waals surface area contributed by atoms with Crippen LogP contribution in [-0.4, -0.2) is 59.8 Å². The standard InChI is InChI=1S/C20H24N4O4S2/c1-14-20(15(2)28-22-14)30(26,27)24-11-5-10-23(12-13-24)19(25)9-8-18-21-16-6-3-4-7-17(16)29-18/h3-4,6-7H,5,8-13H2,1-2H3. The number of nitrogens with zero attached hydrogens (tertiary/aromatic N) is 4. The minimum Gasteiger partial charge on any atom is -0.360 e. The highest BCUT2D eigenvalue weighted by atomic mass is 32.2. The van der Waals surface area contributed by atoms with Crippen molar-refractivity contribution in [1.29, 1.82) is 0 Å². The molecule has 3 aromatic rings. The normalized spacial score (nSPS) is 16.1. The van der Waals surface area contributed by atoms with E-state index in [4.69, 9.17) is 4.52 Å². The number of aryl methyl sites for hydroxylation is 3. The Labute approximate surface area is 179 Å². The molecule has 0 unspecified atom stereocenters. The van der Waals surface area contributed by atoms with Gasteiger partial charge in [-0.05, 0) is 32.4 Å². The maximum Gasteiger partial charge on any atom is 0.248 e. The third-order valence-electron chi connectivity index (χ3n) is 5.26. The average Bonchev–Trinajstić information content (AvgIpc) is 3.18. The Morgan fingerprint density at radius 3 is 2.70 bits per heavy atom. The van der Waals surface area contributed by atoms with Gasteiger partial charge in [0.1, 0.15) is 10.6 Å². The second-order valence-corrected chi connectivity index (χ2v) is 10.4. The summed E-state index contributed by atoms with van der Waals surface area (Å²) in [6.45, 7) is 4.78. The number of thiazole rings is 1. The fourth-order valence-electron chi connectivity index (χ4n) is 3.75. The molecule has 0 radical (unpaired) electrons. The number of para-hydroxylation sites is 1. The Balaban J connectivity index is 1.38. The first-order valence-electron chi connectivity index (χ1n) is 9.91. The minimum absolute atomic E-state index is 0.0332. The molecule has 4 rings (SSSR count). The SMILES string of the molecule is Cc1noc(C)c1S(=O)(=O)N1CCCN(C(=O)CCc2nc3ccccc3s2)CC1. The zero-order chi connectivity index (χ0) is 21.3. The van der Waals surface area contributed by atoms with Gasteiger partial charge in [-0.15, -0.1) is 11.3 Å². The predicted octanol–water partition coefficient (Wildman–Crippen LogP) is 2.76. The third-order valence-corrected chi connectivity index (χ3v) is 8.50. The molecule has 1 saturated heterocycles. The highest BCUT2D eigenvalue weighted by Crippen LogP contribution is 2.25. The Morgan fingerprint density at radius 1 is 1.17 bits per heavy atom. The van der Waals surface area contributed by atoms with Gasteiger partial charge in [-0.3, -0.25) is 4.79 Å². The van der Waals surface area contributed by atoms with Crippen LogP contribution in [0.2, 0.25) is 0 Å². The Bertz CT molecular complexity index is 1120. The highest BCUT2D eigenvalue weighted by molar-refractivity contribution is 7.89. The maximum absolute atomic E-state index is 13.0. The van der Waals surface area contributed by atoms with Crippen molar-refractivity contribution in [2.24, 2.45) is 0 Å². The van der Waals surface area contributed by atoms with E-state index >= 15 is 0 Å². The van der Waals surface area contributed by atoms with E-state index in [1.54, 1.807) is 30.1 Å². The molecule has 0 N–H and O–H groups in total. The summed E-state index contributed by atoms with van der Waals surface area (Å²) < 4.78 is 33.6. The molecule has 1 aromatic carbocycles. The summed E-state index contributed by atoms with van der Waals surface area (Å²) in [7, 11) is -3.69. The molecule has 0 bridgehead atoms. The molecule has 3 heterocycles. The maximum atomic E-state index is 13.0. The van der Waals surface area contributed by atoms with Crippen LogP contribution in [0, 0.1) is 13.8 Å². The highest BCUT2D eigenvalue weighted by Gasteiger charge is 2.32. The molecule has 0 spiro atoms. The molecule has 1 aliphatic heterocycles. The topological polar surface area (TPSA) is 96.6 Å². The number of benzene rings is 1. The van der Waals surface area contributed by atoms with Crippen LogP contribution in [0.4, 0.5) is 0 Å². The van der Waals surface area contributed by atoms with Crippen LogP contribution in [0.3, 0.4) is 0 Å². The van der Waals surface area contributed by atoms with Gasteiger partial charge >= 0.3 is 0 Å². The van der Waals surface area contributed by atoms with Crippen molar-refractivity contribution in [3.63, 3.8) is 0 Å².